The van der Waals surface area contributed by atoms with E-state index in [1.165, 1.54) is 13.1 Å². The molecule has 9 heavy (non-hydrogen) atoms. The molecule has 0 fully saturated rings. The maximum absolute atomic E-state index is 10.7. The molecule has 1 aliphatic heterocycles. The van der Waals surface area contributed by atoms with Gasteiger partial charge < -0.3 is 0 Å². The van der Waals surface area contributed by atoms with Crippen LogP contribution in [0, 0.1) is 0 Å². The first kappa shape index (κ1) is 6.16. The number of Topliss-reactive ketones (excluding diaryl/α,β-unsaturated/α-hetero) is 1. The van der Waals surface area contributed by atoms with Crippen LogP contribution in [0.2, 0.25) is 0 Å². The van der Waals surface area contributed by atoms with Crippen LogP contribution in [0.1, 0.15) is 6.92 Å². The third kappa shape index (κ3) is 0.907. The number of hydrogen-bond donors (Lipinski definition) is 1. The highest BCUT2D eigenvalue weighted by Crippen LogP contribution is 2.09. The lowest BCUT2D eigenvalue weighted by molar-refractivity contribution is -0.120. The average Bonchev–Trinajstić information content (AvgIpc) is 2.16. The summed E-state index contributed by atoms with van der Waals surface area (Å²) in [6.45, 7) is 1.42. The fourth-order valence-corrected chi connectivity index (χ4v) is 0.607. The Kier molecular flexibility index (Phi) is 1.21. The minimum absolute atomic E-state index is 0.132. The van der Waals surface area contributed by atoms with Crippen molar-refractivity contribution in [3.05, 3.63) is 12.2 Å². The SMILES string of the molecule is CC(=O)C1(N)C=CC=N1. The first-order valence-corrected chi connectivity index (χ1v) is 2.68. The van der Waals surface area contributed by atoms with Crippen molar-refractivity contribution in [3.63, 3.8) is 0 Å². The third-order valence-corrected chi connectivity index (χ3v) is 1.29. The van der Waals surface area contributed by atoms with E-state index in [4.69, 9.17) is 5.73 Å². The zero-order valence-electron chi connectivity index (χ0n) is 5.16. The quantitative estimate of drug-likeness (QED) is 0.529. The lowest BCUT2D eigenvalue weighted by Gasteiger charge is -2.12. The van der Waals surface area contributed by atoms with E-state index in [1.807, 2.05) is 0 Å². The summed E-state index contributed by atoms with van der Waals surface area (Å²) in [4.78, 5) is 14.4. The monoisotopic (exact) mass is 124 g/mol. The van der Waals surface area contributed by atoms with Gasteiger partial charge in [-0.2, -0.15) is 0 Å². The number of aliphatic imine (C=N–C) groups is 1. The minimum Gasteiger partial charge on any atom is -0.298 e. The Morgan fingerprint density at radius 3 is 2.67 bits per heavy atom. The molecule has 0 bridgehead atoms. The highest BCUT2D eigenvalue weighted by atomic mass is 16.1. The molecule has 0 amide bonds. The van der Waals surface area contributed by atoms with Gasteiger partial charge in [0.25, 0.3) is 0 Å². The van der Waals surface area contributed by atoms with Crippen LogP contribution in [0.25, 0.3) is 0 Å². The van der Waals surface area contributed by atoms with Gasteiger partial charge in [0.15, 0.2) is 11.4 Å². The molecule has 3 heteroatoms. The Balaban J connectivity index is 2.88. The van der Waals surface area contributed by atoms with Crippen LogP contribution in [0.5, 0.6) is 0 Å². The standard InChI is InChI=1S/C6H8N2O/c1-5(9)6(7)3-2-4-8-6/h2-4H,7H2,1H3. The molecule has 0 aromatic carbocycles. The number of hydrogen-bond acceptors (Lipinski definition) is 3. The summed E-state index contributed by atoms with van der Waals surface area (Å²) in [5.74, 6) is -0.132. The highest BCUT2D eigenvalue weighted by molar-refractivity contribution is 5.93. The second kappa shape index (κ2) is 1.77. The summed E-state index contributed by atoms with van der Waals surface area (Å²) in [6.07, 6.45) is 4.78. The predicted octanol–water partition coefficient (Wildman–Crippen LogP) is -0.129. The van der Waals surface area contributed by atoms with Gasteiger partial charge in [-0.15, -0.1) is 0 Å². The number of allylic oxidation sites excluding steroid dienone is 1. The minimum atomic E-state index is -1.06. The second-order valence-corrected chi connectivity index (χ2v) is 2.02. The van der Waals surface area contributed by atoms with Crippen LogP contribution >= 0.6 is 0 Å². The first-order chi connectivity index (χ1) is 4.15. The zero-order chi connectivity index (χ0) is 6.91. The van der Waals surface area contributed by atoms with Gasteiger partial charge in [0.05, 0.1) is 0 Å². The van der Waals surface area contributed by atoms with Crippen molar-refractivity contribution in [2.75, 3.05) is 0 Å². The summed E-state index contributed by atoms with van der Waals surface area (Å²) in [5.41, 5.74) is 4.41. The fourth-order valence-electron chi connectivity index (χ4n) is 0.607. The molecule has 1 aliphatic rings. The van der Waals surface area contributed by atoms with Crippen molar-refractivity contribution in [2.24, 2.45) is 10.7 Å². The third-order valence-electron chi connectivity index (χ3n) is 1.29. The number of rotatable bonds is 1. The number of nitrogens with zero attached hydrogens (tertiary/aromatic N) is 1. The van der Waals surface area contributed by atoms with Crippen molar-refractivity contribution in [1.29, 1.82) is 0 Å². The van der Waals surface area contributed by atoms with Gasteiger partial charge in [-0.25, -0.2) is 0 Å². The Morgan fingerprint density at radius 2 is 2.44 bits per heavy atom. The van der Waals surface area contributed by atoms with Gasteiger partial charge in [0, 0.05) is 6.21 Å². The Hall–Kier alpha value is -0.960. The molecule has 0 aromatic heterocycles. The molecule has 0 saturated carbocycles. The lowest BCUT2D eigenvalue weighted by Crippen LogP contribution is -2.41. The summed E-state index contributed by atoms with van der Waals surface area (Å²) in [6, 6.07) is 0. The largest absolute Gasteiger partial charge is 0.298 e. The van der Waals surface area contributed by atoms with Crippen LogP contribution in [0.4, 0.5) is 0 Å². The topological polar surface area (TPSA) is 55.5 Å². The summed E-state index contributed by atoms with van der Waals surface area (Å²) < 4.78 is 0. The number of nitrogens with two attached hydrogens (primary N) is 1. The lowest BCUT2D eigenvalue weighted by atomic mass is 10.1. The molecular formula is C6H8N2O. The van der Waals surface area contributed by atoms with Crippen molar-refractivity contribution in [1.82, 2.24) is 0 Å². The van der Waals surface area contributed by atoms with Gasteiger partial charge >= 0.3 is 0 Å². The summed E-state index contributed by atoms with van der Waals surface area (Å²) >= 11 is 0. The number of carbonyl (C=O) groups excluding carboxylic acids is 1. The van der Waals surface area contributed by atoms with E-state index in [2.05, 4.69) is 4.99 Å². The summed E-state index contributed by atoms with van der Waals surface area (Å²) in [5, 5.41) is 0. The molecule has 3 nitrogen and oxygen atoms in total. The van der Waals surface area contributed by atoms with E-state index < -0.39 is 5.66 Å². The fraction of sp³-hybridized carbons (Fsp3) is 0.333. The van der Waals surface area contributed by atoms with E-state index in [1.54, 1.807) is 12.2 Å². The van der Waals surface area contributed by atoms with E-state index in [0.717, 1.165) is 0 Å². The Labute approximate surface area is 53.3 Å². The average molecular weight is 124 g/mol. The van der Waals surface area contributed by atoms with Gasteiger partial charge in [-0.3, -0.25) is 15.5 Å². The molecular weight excluding hydrogens is 116 g/mol. The van der Waals surface area contributed by atoms with Gasteiger partial charge in [0.1, 0.15) is 0 Å². The van der Waals surface area contributed by atoms with Gasteiger partial charge in [-0.05, 0) is 19.1 Å². The van der Waals surface area contributed by atoms with Crippen LogP contribution in [-0.2, 0) is 4.79 Å². The molecule has 1 heterocycles. The molecule has 1 rings (SSSR count). The summed E-state index contributed by atoms with van der Waals surface area (Å²) in [7, 11) is 0. The normalized spacial score (nSPS) is 31.3. The van der Waals surface area contributed by atoms with Crippen LogP contribution < -0.4 is 5.73 Å². The van der Waals surface area contributed by atoms with Crippen LogP contribution in [0.15, 0.2) is 17.1 Å². The molecule has 1 unspecified atom stereocenters. The highest BCUT2D eigenvalue weighted by Gasteiger charge is 2.27. The molecule has 0 aliphatic carbocycles. The van der Waals surface area contributed by atoms with E-state index >= 15 is 0 Å². The molecule has 0 saturated heterocycles. The molecule has 1 atom stereocenters. The molecule has 0 spiro atoms. The van der Waals surface area contributed by atoms with Crippen molar-refractivity contribution in [3.8, 4) is 0 Å². The van der Waals surface area contributed by atoms with Crippen molar-refractivity contribution < 1.29 is 4.79 Å². The van der Waals surface area contributed by atoms with Crippen LogP contribution in [-0.4, -0.2) is 17.7 Å². The molecule has 0 radical (unpaired) electrons. The van der Waals surface area contributed by atoms with Crippen molar-refractivity contribution >= 4 is 12.0 Å². The molecule has 0 aromatic rings. The zero-order valence-corrected chi connectivity index (χ0v) is 5.16. The maximum Gasteiger partial charge on any atom is 0.186 e. The predicted molar refractivity (Wildman–Crippen MR) is 35.2 cm³/mol. The van der Waals surface area contributed by atoms with E-state index in [9.17, 15) is 4.79 Å². The molecule has 48 valence electrons. The number of ketones is 1. The van der Waals surface area contributed by atoms with E-state index in [-0.39, 0.29) is 5.78 Å². The van der Waals surface area contributed by atoms with Gasteiger partial charge in [-0.1, -0.05) is 0 Å². The second-order valence-electron chi connectivity index (χ2n) is 2.02. The smallest absolute Gasteiger partial charge is 0.186 e. The van der Waals surface area contributed by atoms with Crippen LogP contribution in [0.3, 0.4) is 0 Å². The number of carbonyl (C=O) groups is 1. The maximum atomic E-state index is 10.7. The Morgan fingerprint density at radius 1 is 1.78 bits per heavy atom. The first-order valence-electron chi connectivity index (χ1n) is 2.68. The molecule has 2 N–H and O–H groups in total. The van der Waals surface area contributed by atoms with E-state index in [0.29, 0.717) is 0 Å². The Bertz CT molecular complexity index is 181. The van der Waals surface area contributed by atoms with Crippen molar-refractivity contribution in [2.45, 2.75) is 12.6 Å². The van der Waals surface area contributed by atoms with Gasteiger partial charge in [0.2, 0.25) is 0 Å².